The summed E-state index contributed by atoms with van der Waals surface area (Å²) in [5.74, 6) is 0.680. The molecular formula is C17H17BrO3. The van der Waals surface area contributed by atoms with Gasteiger partial charge in [-0.05, 0) is 43.2 Å². The molecule has 0 fully saturated rings. The van der Waals surface area contributed by atoms with Crippen LogP contribution >= 0.6 is 15.9 Å². The zero-order valence-corrected chi connectivity index (χ0v) is 13.6. The summed E-state index contributed by atoms with van der Waals surface area (Å²) in [6.07, 6.45) is 0.877. The molecule has 0 bridgehead atoms. The number of hydrogen-bond donors (Lipinski definition) is 0. The Morgan fingerprint density at radius 3 is 2.62 bits per heavy atom. The predicted octanol–water partition coefficient (Wildman–Crippen LogP) is 4.77. The molecule has 2 aromatic carbocycles. The molecule has 0 amide bonds. The van der Waals surface area contributed by atoms with Crippen LogP contribution in [0.15, 0.2) is 46.9 Å². The maximum atomic E-state index is 12.4. The first-order chi connectivity index (χ1) is 10.1. The predicted molar refractivity (Wildman–Crippen MR) is 86.1 cm³/mol. The molecule has 0 saturated carbocycles. The fourth-order valence-electron chi connectivity index (χ4n) is 1.83. The fraction of sp³-hybridized carbons (Fsp3) is 0.235. The van der Waals surface area contributed by atoms with E-state index in [0.717, 1.165) is 16.5 Å². The zero-order valence-electron chi connectivity index (χ0n) is 12.1. The van der Waals surface area contributed by atoms with Crippen molar-refractivity contribution >= 4 is 21.9 Å². The number of carbonyl (C=O) groups is 1. The molecular weight excluding hydrogens is 332 g/mol. The minimum Gasteiger partial charge on any atom is -0.493 e. The normalized spacial score (nSPS) is 10.2. The number of ether oxygens (including phenoxy) is 2. The van der Waals surface area contributed by atoms with Crippen LogP contribution < -0.4 is 9.47 Å². The number of halogens is 1. The van der Waals surface area contributed by atoms with E-state index in [1.165, 1.54) is 0 Å². The van der Waals surface area contributed by atoms with Gasteiger partial charge in [-0.2, -0.15) is 0 Å². The van der Waals surface area contributed by atoms with Gasteiger partial charge in [0.2, 0.25) is 0 Å². The van der Waals surface area contributed by atoms with E-state index in [2.05, 4.69) is 15.9 Å². The Morgan fingerprint density at radius 1 is 1.14 bits per heavy atom. The van der Waals surface area contributed by atoms with Crippen molar-refractivity contribution in [1.82, 2.24) is 0 Å². The molecule has 2 rings (SSSR count). The van der Waals surface area contributed by atoms with Crippen molar-refractivity contribution in [2.24, 2.45) is 0 Å². The molecule has 0 radical (unpaired) electrons. The van der Waals surface area contributed by atoms with E-state index in [4.69, 9.17) is 9.47 Å². The molecule has 0 spiro atoms. The number of aryl methyl sites for hydroxylation is 1. The SMILES string of the molecule is CCCOc1ccc(Br)cc1C(=O)Oc1ccccc1C. The zero-order chi connectivity index (χ0) is 15.2. The van der Waals surface area contributed by atoms with Crippen LogP contribution in [-0.4, -0.2) is 12.6 Å². The summed E-state index contributed by atoms with van der Waals surface area (Å²) in [6.45, 7) is 4.48. The Kier molecular flexibility index (Phi) is 5.39. The number of para-hydroxylation sites is 1. The molecule has 0 aliphatic heterocycles. The second-order valence-corrected chi connectivity index (χ2v) is 5.56. The topological polar surface area (TPSA) is 35.5 Å². The standard InChI is InChI=1S/C17H17BrO3/c1-3-10-20-16-9-8-13(18)11-14(16)17(19)21-15-7-5-4-6-12(15)2/h4-9,11H,3,10H2,1-2H3. The molecule has 2 aromatic rings. The third-order valence-electron chi connectivity index (χ3n) is 2.92. The first-order valence-corrected chi connectivity index (χ1v) is 7.61. The molecule has 4 heteroatoms. The smallest absolute Gasteiger partial charge is 0.347 e. The summed E-state index contributed by atoms with van der Waals surface area (Å²) in [6, 6.07) is 12.7. The highest BCUT2D eigenvalue weighted by Crippen LogP contribution is 2.26. The molecule has 0 N–H and O–H groups in total. The Bertz CT molecular complexity index is 638. The van der Waals surface area contributed by atoms with Crippen LogP contribution in [0.4, 0.5) is 0 Å². The number of hydrogen-bond acceptors (Lipinski definition) is 3. The lowest BCUT2D eigenvalue weighted by Gasteiger charge is -2.12. The van der Waals surface area contributed by atoms with Crippen LogP contribution in [-0.2, 0) is 0 Å². The van der Waals surface area contributed by atoms with Gasteiger partial charge in [0.05, 0.1) is 6.61 Å². The van der Waals surface area contributed by atoms with Gasteiger partial charge in [-0.25, -0.2) is 4.79 Å². The van der Waals surface area contributed by atoms with Crippen LogP contribution in [0.2, 0.25) is 0 Å². The van der Waals surface area contributed by atoms with Crippen LogP contribution in [0.1, 0.15) is 29.3 Å². The summed E-state index contributed by atoms with van der Waals surface area (Å²) in [5, 5.41) is 0. The fourth-order valence-corrected chi connectivity index (χ4v) is 2.19. The van der Waals surface area contributed by atoms with E-state index in [9.17, 15) is 4.79 Å². The number of esters is 1. The molecule has 21 heavy (non-hydrogen) atoms. The molecule has 0 saturated heterocycles. The summed E-state index contributed by atoms with van der Waals surface area (Å²) in [7, 11) is 0. The summed E-state index contributed by atoms with van der Waals surface area (Å²) in [4.78, 5) is 12.4. The third kappa shape index (κ3) is 4.08. The number of rotatable bonds is 5. The average Bonchev–Trinajstić information content (AvgIpc) is 2.48. The Hall–Kier alpha value is -1.81. The van der Waals surface area contributed by atoms with Gasteiger partial charge in [0.1, 0.15) is 17.1 Å². The number of carbonyl (C=O) groups excluding carboxylic acids is 1. The van der Waals surface area contributed by atoms with Crippen molar-refractivity contribution < 1.29 is 14.3 Å². The van der Waals surface area contributed by atoms with Gasteiger partial charge >= 0.3 is 5.97 Å². The van der Waals surface area contributed by atoms with E-state index < -0.39 is 5.97 Å². The van der Waals surface area contributed by atoms with Gasteiger partial charge in [0.15, 0.2) is 0 Å². The first kappa shape index (κ1) is 15.6. The van der Waals surface area contributed by atoms with Gasteiger partial charge in [0, 0.05) is 4.47 Å². The lowest BCUT2D eigenvalue weighted by Crippen LogP contribution is -2.12. The van der Waals surface area contributed by atoms with E-state index in [1.54, 1.807) is 18.2 Å². The maximum Gasteiger partial charge on any atom is 0.347 e. The van der Waals surface area contributed by atoms with Gasteiger partial charge in [-0.1, -0.05) is 41.1 Å². The maximum absolute atomic E-state index is 12.4. The Labute approximate surface area is 133 Å². The van der Waals surface area contributed by atoms with Crippen LogP contribution in [0.3, 0.4) is 0 Å². The largest absolute Gasteiger partial charge is 0.493 e. The Balaban J connectivity index is 2.25. The average molecular weight is 349 g/mol. The molecule has 0 atom stereocenters. The van der Waals surface area contributed by atoms with Crippen molar-refractivity contribution in [2.45, 2.75) is 20.3 Å². The third-order valence-corrected chi connectivity index (χ3v) is 3.41. The van der Waals surface area contributed by atoms with Crippen molar-refractivity contribution in [3.05, 3.63) is 58.1 Å². The monoisotopic (exact) mass is 348 g/mol. The molecule has 0 aromatic heterocycles. The molecule has 0 aliphatic carbocycles. The summed E-state index contributed by atoms with van der Waals surface area (Å²) >= 11 is 3.37. The molecule has 0 unspecified atom stereocenters. The van der Waals surface area contributed by atoms with Crippen LogP contribution in [0.5, 0.6) is 11.5 Å². The second-order valence-electron chi connectivity index (χ2n) is 4.64. The van der Waals surface area contributed by atoms with Crippen molar-refractivity contribution in [2.75, 3.05) is 6.61 Å². The van der Waals surface area contributed by atoms with E-state index in [1.807, 2.05) is 38.1 Å². The highest BCUT2D eigenvalue weighted by atomic mass is 79.9. The van der Waals surface area contributed by atoms with Gasteiger partial charge in [0.25, 0.3) is 0 Å². The van der Waals surface area contributed by atoms with Crippen molar-refractivity contribution in [3.8, 4) is 11.5 Å². The van der Waals surface area contributed by atoms with Crippen molar-refractivity contribution in [1.29, 1.82) is 0 Å². The lowest BCUT2D eigenvalue weighted by molar-refractivity contribution is 0.0729. The Morgan fingerprint density at radius 2 is 1.90 bits per heavy atom. The summed E-state index contributed by atoms with van der Waals surface area (Å²) < 4.78 is 11.9. The second kappa shape index (κ2) is 7.27. The molecule has 110 valence electrons. The van der Waals surface area contributed by atoms with Gasteiger partial charge < -0.3 is 9.47 Å². The number of benzene rings is 2. The minimum absolute atomic E-state index is 0.418. The molecule has 0 aliphatic rings. The highest BCUT2D eigenvalue weighted by Gasteiger charge is 2.16. The van der Waals surface area contributed by atoms with Crippen LogP contribution in [0.25, 0.3) is 0 Å². The van der Waals surface area contributed by atoms with E-state index in [-0.39, 0.29) is 0 Å². The van der Waals surface area contributed by atoms with Gasteiger partial charge in [-0.15, -0.1) is 0 Å². The summed E-state index contributed by atoms with van der Waals surface area (Å²) in [5.41, 5.74) is 1.33. The quantitative estimate of drug-likeness (QED) is 0.576. The molecule has 0 heterocycles. The highest BCUT2D eigenvalue weighted by molar-refractivity contribution is 9.10. The first-order valence-electron chi connectivity index (χ1n) is 6.82. The van der Waals surface area contributed by atoms with Crippen LogP contribution in [0, 0.1) is 6.92 Å². The van der Waals surface area contributed by atoms with Gasteiger partial charge in [-0.3, -0.25) is 0 Å². The van der Waals surface area contributed by atoms with Crippen molar-refractivity contribution in [3.63, 3.8) is 0 Å². The van der Waals surface area contributed by atoms with E-state index in [0.29, 0.717) is 23.7 Å². The van der Waals surface area contributed by atoms with E-state index >= 15 is 0 Å². The lowest BCUT2D eigenvalue weighted by atomic mass is 10.2. The minimum atomic E-state index is -0.420. The molecule has 3 nitrogen and oxygen atoms in total.